The van der Waals surface area contributed by atoms with Gasteiger partial charge in [0, 0.05) is 18.8 Å². The predicted octanol–water partition coefficient (Wildman–Crippen LogP) is 2.65. The van der Waals surface area contributed by atoms with Crippen molar-refractivity contribution < 1.29 is 5.11 Å². The van der Waals surface area contributed by atoms with E-state index in [0.29, 0.717) is 17.3 Å². The van der Waals surface area contributed by atoms with Crippen molar-refractivity contribution in [3.05, 3.63) is 22.9 Å². The fraction of sp³-hybridized carbons (Fsp3) is 0.625. The molecule has 0 amide bonds. The molecule has 1 atom stereocenters. The molecule has 0 bridgehead atoms. The third-order valence-corrected chi connectivity index (χ3v) is 4.09. The summed E-state index contributed by atoms with van der Waals surface area (Å²) in [5.74, 6) is 1.13. The largest absolute Gasteiger partial charge is 0.396 e. The van der Waals surface area contributed by atoms with E-state index in [1.807, 2.05) is 6.07 Å². The maximum atomic E-state index is 9.28. The highest BCUT2D eigenvalue weighted by molar-refractivity contribution is 5.54. The van der Waals surface area contributed by atoms with Gasteiger partial charge in [-0.25, -0.2) is 4.98 Å². The van der Waals surface area contributed by atoms with Crippen molar-refractivity contribution in [1.82, 2.24) is 4.98 Å². The van der Waals surface area contributed by atoms with Crippen molar-refractivity contribution in [2.24, 2.45) is 5.92 Å². The molecule has 1 aromatic heterocycles. The maximum Gasteiger partial charge on any atom is 0.144 e. The number of nitrogens with zero attached hydrogens (tertiary/aromatic N) is 2. The molecule has 20 heavy (non-hydrogen) atoms. The SMILES string of the molecule is CCC(CCO)CNc1nc2c(cc1C#N)CCCC2. The Labute approximate surface area is 120 Å². The van der Waals surface area contributed by atoms with Crippen LogP contribution in [0.25, 0.3) is 0 Å². The summed E-state index contributed by atoms with van der Waals surface area (Å²) >= 11 is 0. The Morgan fingerprint density at radius 3 is 2.95 bits per heavy atom. The average Bonchev–Trinajstić information content (AvgIpc) is 2.50. The molecule has 0 fully saturated rings. The molecule has 2 N–H and O–H groups in total. The fourth-order valence-corrected chi connectivity index (χ4v) is 2.73. The molecule has 4 nitrogen and oxygen atoms in total. The lowest BCUT2D eigenvalue weighted by Gasteiger charge is -2.19. The first-order valence-electron chi connectivity index (χ1n) is 7.56. The zero-order valence-electron chi connectivity index (χ0n) is 12.2. The minimum Gasteiger partial charge on any atom is -0.396 e. The Morgan fingerprint density at radius 2 is 2.25 bits per heavy atom. The van der Waals surface area contributed by atoms with Crippen LogP contribution in [0.5, 0.6) is 0 Å². The molecule has 4 heteroatoms. The first kappa shape index (κ1) is 14.8. The fourth-order valence-electron chi connectivity index (χ4n) is 2.73. The highest BCUT2D eigenvalue weighted by atomic mass is 16.3. The number of nitrogens with one attached hydrogen (secondary N) is 1. The number of aromatic nitrogens is 1. The summed E-state index contributed by atoms with van der Waals surface area (Å²) in [5.41, 5.74) is 3.03. The lowest BCUT2D eigenvalue weighted by atomic mass is 9.95. The second kappa shape index (κ2) is 7.25. The Morgan fingerprint density at radius 1 is 1.45 bits per heavy atom. The Bertz CT molecular complexity index is 493. The summed E-state index contributed by atoms with van der Waals surface area (Å²) in [6.07, 6.45) is 6.24. The number of fused-ring (bicyclic) bond motifs is 1. The van der Waals surface area contributed by atoms with E-state index in [1.165, 1.54) is 18.4 Å². The number of aliphatic hydroxyl groups excluding tert-OH is 1. The third kappa shape index (κ3) is 3.49. The molecule has 1 aliphatic rings. The molecule has 1 aliphatic carbocycles. The van der Waals surface area contributed by atoms with Crippen molar-refractivity contribution in [2.45, 2.75) is 45.4 Å². The standard InChI is InChI=1S/C16H23N3O/c1-2-12(7-8-20)11-18-16-14(10-17)9-13-5-3-4-6-15(13)19-16/h9,12,20H,2-8,11H2,1H3,(H,18,19). The van der Waals surface area contributed by atoms with E-state index in [0.717, 1.165) is 37.9 Å². The topological polar surface area (TPSA) is 68.9 Å². The van der Waals surface area contributed by atoms with Gasteiger partial charge in [-0.2, -0.15) is 5.26 Å². The van der Waals surface area contributed by atoms with Crippen LogP contribution < -0.4 is 5.32 Å². The zero-order valence-corrected chi connectivity index (χ0v) is 12.2. The van der Waals surface area contributed by atoms with Crippen LogP contribution in [0, 0.1) is 17.2 Å². The van der Waals surface area contributed by atoms with Gasteiger partial charge in [0.05, 0.1) is 5.56 Å². The summed E-state index contributed by atoms with van der Waals surface area (Å²) in [5, 5.41) is 21.6. The zero-order chi connectivity index (χ0) is 14.4. The van der Waals surface area contributed by atoms with Crippen LogP contribution in [0.3, 0.4) is 0 Å². The summed E-state index contributed by atoms with van der Waals surface area (Å²) in [4.78, 5) is 4.65. The van der Waals surface area contributed by atoms with E-state index in [9.17, 15) is 5.26 Å². The molecule has 108 valence electrons. The van der Waals surface area contributed by atoms with Gasteiger partial charge < -0.3 is 10.4 Å². The number of hydrogen-bond acceptors (Lipinski definition) is 4. The van der Waals surface area contributed by atoms with Crippen molar-refractivity contribution in [3.8, 4) is 6.07 Å². The number of rotatable bonds is 6. The molecule has 0 saturated carbocycles. The minimum absolute atomic E-state index is 0.211. The summed E-state index contributed by atoms with van der Waals surface area (Å²) in [6, 6.07) is 4.24. The van der Waals surface area contributed by atoms with Gasteiger partial charge in [-0.15, -0.1) is 0 Å². The van der Waals surface area contributed by atoms with E-state index in [4.69, 9.17) is 5.11 Å². The van der Waals surface area contributed by atoms with Gasteiger partial charge in [-0.1, -0.05) is 13.3 Å². The summed E-state index contributed by atoms with van der Waals surface area (Å²) in [6.45, 7) is 3.09. The molecule has 1 unspecified atom stereocenters. The van der Waals surface area contributed by atoms with Crippen LogP contribution in [0.15, 0.2) is 6.07 Å². The van der Waals surface area contributed by atoms with Crippen LogP contribution in [-0.2, 0) is 12.8 Å². The van der Waals surface area contributed by atoms with E-state index in [2.05, 4.69) is 23.3 Å². The Hall–Kier alpha value is -1.60. The Balaban J connectivity index is 2.12. The monoisotopic (exact) mass is 273 g/mol. The molecule has 2 rings (SSSR count). The van der Waals surface area contributed by atoms with Gasteiger partial charge in [0.25, 0.3) is 0 Å². The van der Waals surface area contributed by atoms with Gasteiger partial charge >= 0.3 is 0 Å². The number of hydrogen-bond donors (Lipinski definition) is 2. The number of aliphatic hydroxyl groups is 1. The lowest BCUT2D eigenvalue weighted by Crippen LogP contribution is -2.17. The molecule has 0 aromatic carbocycles. The van der Waals surface area contributed by atoms with Gasteiger partial charge in [0.15, 0.2) is 0 Å². The molecule has 0 saturated heterocycles. The first-order valence-corrected chi connectivity index (χ1v) is 7.56. The second-order valence-electron chi connectivity index (χ2n) is 5.48. The smallest absolute Gasteiger partial charge is 0.144 e. The van der Waals surface area contributed by atoms with Crippen molar-refractivity contribution in [3.63, 3.8) is 0 Å². The summed E-state index contributed by atoms with van der Waals surface area (Å²) in [7, 11) is 0. The molecule has 0 aliphatic heterocycles. The van der Waals surface area contributed by atoms with E-state index < -0.39 is 0 Å². The van der Waals surface area contributed by atoms with Crippen LogP contribution >= 0.6 is 0 Å². The number of anilines is 1. The number of aryl methyl sites for hydroxylation is 2. The predicted molar refractivity (Wildman–Crippen MR) is 79.6 cm³/mol. The second-order valence-corrected chi connectivity index (χ2v) is 5.48. The molecule has 1 aromatic rings. The third-order valence-electron chi connectivity index (χ3n) is 4.09. The van der Waals surface area contributed by atoms with Crippen molar-refractivity contribution >= 4 is 5.82 Å². The van der Waals surface area contributed by atoms with Crippen LogP contribution in [0.4, 0.5) is 5.82 Å². The Kier molecular flexibility index (Phi) is 5.37. The number of nitriles is 1. The van der Waals surface area contributed by atoms with Crippen LogP contribution in [-0.4, -0.2) is 23.2 Å². The molecular formula is C16H23N3O. The van der Waals surface area contributed by atoms with E-state index in [1.54, 1.807) is 0 Å². The normalized spacial score (nSPS) is 15.2. The van der Waals surface area contributed by atoms with Crippen LogP contribution in [0.1, 0.15) is 49.4 Å². The molecular weight excluding hydrogens is 250 g/mol. The average molecular weight is 273 g/mol. The number of pyridine rings is 1. The molecule has 1 heterocycles. The highest BCUT2D eigenvalue weighted by Gasteiger charge is 2.15. The molecule has 0 radical (unpaired) electrons. The van der Waals surface area contributed by atoms with Crippen molar-refractivity contribution in [1.29, 1.82) is 5.26 Å². The maximum absolute atomic E-state index is 9.28. The first-order chi connectivity index (χ1) is 9.78. The van der Waals surface area contributed by atoms with Gasteiger partial charge in [-0.3, -0.25) is 0 Å². The highest BCUT2D eigenvalue weighted by Crippen LogP contribution is 2.24. The van der Waals surface area contributed by atoms with Crippen LogP contribution in [0.2, 0.25) is 0 Å². The van der Waals surface area contributed by atoms with Gasteiger partial charge in [0.2, 0.25) is 0 Å². The lowest BCUT2D eigenvalue weighted by molar-refractivity contribution is 0.258. The van der Waals surface area contributed by atoms with E-state index >= 15 is 0 Å². The minimum atomic E-state index is 0.211. The van der Waals surface area contributed by atoms with Gasteiger partial charge in [0.1, 0.15) is 11.9 Å². The quantitative estimate of drug-likeness (QED) is 0.836. The van der Waals surface area contributed by atoms with Crippen molar-refractivity contribution in [2.75, 3.05) is 18.5 Å². The molecule has 0 spiro atoms. The van der Waals surface area contributed by atoms with E-state index in [-0.39, 0.29) is 6.61 Å². The summed E-state index contributed by atoms with van der Waals surface area (Å²) < 4.78 is 0. The van der Waals surface area contributed by atoms with Gasteiger partial charge in [-0.05, 0) is 49.7 Å².